The Morgan fingerprint density at radius 3 is 1.09 bits per heavy atom. The van der Waals surface area contributed by atoms with Crippen LogP contribution in [0.2, 0.25) is 0 Å². The van der Waals surface area contributed by atoms with Crippen molar-refractivity contribution in [2.24, 2.45) is 11.8 Å². The largest absolute Gasteiger partial charge is 0.375 e. The van der Waals surface area contributed by atoms with Crippen LogP contribution < -0.4 is 0 Å². The minimum Gasteiger partial charge on any atom is -0.375 e. The molecule has 11 heavy (non-hydrogen) atoms. The zero-order chi connectivity index (χ0) is 9.02. The van der Waals surface area contributed by atoms with Crippen molar-refractivity contribution < 1.29 is 4.74 Å². The monoisotopic (exact) mass is 158 g/mol. The SMILES string of the molecule is CC(C)[C@@H](C)O[C@H](C)C(C)C. The molecular formula is C10H22O. The lowest BCUT2D eigenvalue weighted by Gasteiger charge is -2.24. The molecule has 0 spiro atoms. The summed E-state index contributed by atoms with van der Waals surface area (Å²) in [5.41, 5.74) is 0. The smallest absolute Gasteiger partial charge is 0.0573 e. The minimum absolute atomic E-state index is 0.382. The Balaban J connectivity index is 3.66. The standard InChI is InChI=1S/C10H22O/c1-7(2)9(5)11-10(6)8(3)4/h7-10H,1-6H3/t9-,10-/m1/s1. The molecule has 0 aliphatic heterocycles. The number of hydrogen-bond donors (Lipinski definition) is 0. The van der Waals surface area contributed by atoms with Crippen LogP contribution in [-0.2, 0) is 4.74 Å². The van der Waals surface area contributed by atoms with E-state index in [1.54, 1.807) is 0 Å². The van der Waals surface area contributed by atoms with Crippen LogP contribution in [0.25, 0.3) is 0 Å². The molecule has 68 valence electrons. The number of hydrogen-bond acceptors (Lipinski definition) is 1. The lowest BCUT2D eigenvalue weighted by molar-refractivity contribution is -0.0368. The van der Waals surface area contributed by atoms with E-state index in [9.17, 15) is 0 Å². The van der Waals surface area contributed by atoms with Gasteiger partial charge in [0, 0.05) is 0 Å². The van der Waals surface area contributed by atoms with Crippen molar-refractivity contribution in [3.63, 3.8) is 0 Å². The van der Waals surface area contributed by atoms with Gasteiger partial charge in [0.2, 0.25) is 0 Å². The first-order valence-electron chi connectivity index (χ1n) is 4.60. The summed E-state index contributed by atoms with van der Waals surface area (Å²) < 4.78 is 5.77. The van der Waals surface area contributed by atoms with Crippen LogP contribution in [0.15, 0.2) is 0 Å². The molecule has 0 saturated carbocycles. The Morgan fingerprint density at radius 2 is 0.909 bits per heavy atom. The van der Waals surface area contributed by atoms with E-state index in [0.29, 0.717) is 24.0 Å². The maximum atomic E-state index is 5.77. The highest BCUT2D eigenvalue weighted by Gasteiger charge is 2.13. The van der Waals surface area contributed by atoms with Gasteiger partial charge in [-0.1, -0.05) is 27.7 Å². The third-order valence-electron chi connectivity index (χ3n) is 2.31. The summed E-state index contributed by atoms with van der Waals surface area (Å²) >= 11 is 0. The molecule has 0 bridgehead atoms. The molecule has 0 unspecified atom stereocenters. The molecule has 0 fully saturated rings. The summed E-state index contributed by atoms with van der Waals surface area (Å²) in [6.07, 6.45) is 0.764. The first-order valence-corrected chi connectivity index (χ1v) is 4.60. The summed E-state index contributed by atoms with van der Waals surface area (Å²) in [6.45, 7) is 13.1. The van der Waals surface area contributed by atoms with Crippen molar-refractivity contribution in [3.8, 4) is 0 Å². The van der Waals surface area contributed by atoms with Gasteiger partial charge in [0.25, 0.3) is 0 Å². The third-order valence-corrected chi connectivity index (χ3v) is 2.31. The molecular weight excluding hydrogens is 136 g/mol. The Labute approximate surface area is 71.1 Å². The lowest BCUT2D eigenvalue weighted by atomic mass is 10.1. The Bertz CT molecular complexity index is 85.0. The molecule has 0 aromatic rings. The van der Waals surface area contributed by atoms with Crippen LogP contribution in [0.1, 0.15) is 41.5 Å². The number of rotatable bonds is 4. The molecule has 0 N–H and O–H groups in total. The van der Waals surface area contributed by atoms with Crippen molar-refractivity contribution in [3.05, 3.63) is 0 Å². The van der Waals surface area contributed by atoms with Crippen LogP contribution in [0.4, 0.5) is 0 Å². The molecule has 0 aromatic carbocycles. The van der Waals surface area contributed by atoms with Gasteiger partial charge in [-0.15, -0.1) is 0 Å². The fraction of sp³-hybridized carbons (Fsp3) is 1.00. The van der Waals surface area contributed by atoms with E-state index in [4.69, 9.17) is 4.74 Å². The zero-order valence-corrected chi connectivity index (χ0v) is 8.72. The van der Waals surface area contributed by atoms with Crippen molar-refractivity contribution in [1.29, 1.82) is 0 Å². The maximum Gasteiger partial charge on any atom is 0.0573 e. The molecule has 0 heterocycles. The van der Waals surface area contributed by atoms with E-state index in [0.717, 1.165) is 0 Å². The van der Waals surface area contributed by atoms with Crippen LogP contribution >= 0.6 is 0 Å². The highest BCUT2D eigenvalue weighted by Crippen LogP contribution is 2.13. The van der Waals surface area contributed by atoms with Gasteiger partial charge in [-0.3, -0.25) is 0 Å². The Morgan fingerprint density at radius 1 is 0.636 bits per heavy atom. The molecule has 0 saturated heterocycles. The normalized spacial score (nSPS) is 17.5. The van der Waals surface area contributed by atoms with Gasteiger partial charge < -0.3 is 4.74 Å². The predicted octanol–water partition coefficient (Wildman–Crippen LogP) is 3.09. The molecule has 1 heteroatoms. The van der Waals surface area contributed by atoms with E-state index in [2.05, 4.69) is 41.5 Å². The van der Waals surface area contributed by atoms with Gasteiger partial charge in [0.1, 0.15) is 0 Å². The highest BCUT2D eigenvalue weighted by molar-refractivity contribution is 4.61. The fourth-order valence-electron chi connectivity index (χ4n) is 0.653. The van der Waals surface area contributed by atoms with Gasteiger partial charge in [-0.05, 0) is 25.7 Å². The molecule has 1 nitrogen and oxygen atoms in total. The van der Waals surface area contributed by atoms with Gasteiger partial charge in [-0.25, -0.2) is 0 Å². The minimum atomic E-state index is 0.382. The summed E-state index contributed by atoms with van der Waals surface area (Å²) in [4.78, 5) is 0. The second-order valence-corrected chi connectivity index (χ2v) is 4.03. The van der Waals surface area contributed by atoms with Crippen LogP contribution in [0.5, 0.6) is 0 Å². The predicted molar refractivity (Wildman–Crippen MR) is 49.7 cm³/mol. The molecule has 0 amide bonds. The van der Waals surface area contributed by atoms with Crippen molar-refractivity contribution >= 4 is 0 Å². The van der Waals surface area contributed by atoms with Gasteiger partial charge >= 0.3 is 0 Å². The van der Waals surface area contributed by atoms with Crippen LogP contribution in [0.3, 0.4) is 0 Å². The summed E-state index contributed by atoms with van der Waals surface area (Å²) in [6, 6.07) is 0. The van der Waals surface area contributed by atoms with E-state index >= 15 is 0 Å². The number of ether oxygens (including phenoxy) is 1. The van der Waals surface area contributed by atoms with Gasteiger partial charge in [-0.2, -0.15) is 0 Å². The van der Waals surface area contributed by atoms with E-state index in [1.165, 1.54) is 0 Å². The third kappa shape index (κ3) is 4.41. The molecule has 0 aliphatic rings. The van der Waals surface area contributed by atoms with Crippen LogP contribution in [0, 0.1) is 11.8 Å². The molecule has 0 aromatic heterocycles. The Kier molecular flexibility index (Phi) is 4.74. The molecule has 0 radical (unpaired) electrons. The van der Waals surface area contributed by atoms with Gasteiger partial charge in [0.15, 0.2) is 0 Å². The fourth-order valence-corrected chi connectivity index (χ4v) is 0.653. The van der Waals surface area contributed by atoms with Crippen molar-refractivity contribution in [2.75, 3.05) is 0 Å². The molecule has 0 rings (SSSR count). The van der Waals surface area contributed by atoms with Crippen molar-refractivity contribution in [2.45, 2.75) is 53.8 Å². The Hall–Kier alpha value is -0.0400. The van der Waals surface area contributed by atoms with Crippen LogP contribution in [-0.4, -0.2) is 12.2 Å². The highest BCUT2D eigenvalue weighted by atomic mass is 16.5. The lowest BCUT2D eigenvalue weighted by Crippen LogP contribution is -2.25. The average molecular weight is 158 g/mol. The summed E-state index contributed by atoms with van der Waals surface area (Å²) in [5, 5.41) is 0. The first-order chi connectivity index (χ1) is 4.95. The van der Waals surface area contributed by atoms with Crippen molar-refractivity contribution in [1.82, 2.24) is 0 Å². The molecule has 2 atom stereocenters. The summed E-state index contributed by atoms with van der Waals surface area (Å²) in [7, 11) is 0. The van der Waals surface area contributed by atoms with E-state index < -0.39 is 0 Å². The average Bonchev–Trinajstić information content (AvgIpc) is 1.87. The second kappa shape index (κ2) is 4.76. The quantitative estimate of drug-likeness (QED) is 0.611. The van der Waals surface area contributed by atoms with Gasteiger partial charge in [0.05, 0.1) is 12.2 Å². The first kappa shape index (κ1) is 11.0. The molecule has 0 aliphatic carbocycles. The van der Waals surface area contributed by atoms with E-state index in [-0.39, 0.29) is 0 Å². The maximum absolute atomic E-state index is 5.77. The summed E-state index contributed by atoms with van der Waals surface area (Å²) in [5.74, 6) is 1.24. The zero-order valence-electron chi connectivity index (χ0n) is 8.72. The second-order valence-electron chi connectivity index (χ2n) is 4.03. The topological polar surface area (TPSA) is 9.23 Å². The van der Waals surface area contributed by atoms with E-state index in [1.807, 2.05) is 0 Å².